The maximum Gasteiger partial charge on any atom is 0.226 e. The van der Waals surface area contributed by atoms with E-state index in [0.717, 1.165) is 44.0 Å². The standard InChI is InChI=1S/C16H20N4O/c21-16-3-1-2-10-20(16)14-6-4-13(5-7-14)11-17-12-15-18-8-9-19-15/h4-9,17H,1-3,10-12H2,(H,18,19). The Morgan fingerprint density at radius 2 is 2.05 bits per heavy atom. The second-order valence-electron chi connectivity index (χ2n) is 5.31. The maximum atomic E-state index is 11.9. The Labute approximate surface area is 124 Å². The first kappa shape index (κ1) is 13.8. The van der Waals surface area contributed by atoms with Crippen molar-refractivity contribution in [1.29, 1.82) is 0 Å². The lowest BCUT2D eigenvalue weighted by molar-refractivity contribution is -0.119. The number of hydrogen-bond donors (Lipinski definition) is 2. The molecule has 2 heterocycles. The fourth-order valence-corrected chi connectivity index (χ4v) is 2.59. The first-order chi connectivity index (χ1) is 10.3. The van der Waals surface area contributed by atoms with E-state index in [9.17, 15) is 4.79 Å². The molecule has 5 heteroatoms. The summed E-state index contributed by atoms with van der Waals surface area (Å²) in [5.41, 5.74) is 2.21. The van der Waals surface area contributed by atoms with Gasteiger partial charge in [-0.15, -0.1) is 0 Å². The third-order valence-corrected chi connectivity index (χ3v) is 3.75. The molecule has 1 amide bonds. The van der Waals surface area contributed by atoms with Crippen LogP contribution in [0.1, 0.15) is 30.7 Å². The van der Waals surface area contributed by atoms with Gasteiger partial charge in [0.2, 0.25) is 5.91 Å². The van der Waals surface area contributed by atoms with Crippen molar-refractivity contribution < 1.29 is 4.79 Å². The average molecular weight is 284 g/mol. The Bertz CT molecular complexity index is 577. The van der Waals surface area contributed by atoms with E-state index in [4.69, 9.17) is 0 Å². The predicted molar refractivity (Wildman–Crippen MR) is 81.8 cm³/mol. The summed E-state index contributed by atoms with van der Waals surface area (Å²) in [4.78, 5) is 21.0. The lowest BCUT2D eigenvalue weighted by Gasteiger charge is -2.26. The molecule has 21 heavy (non-hydrogen) atoms. The van der Waals surface area contributed by atoms with Gasteiger partial charge in [-0.3, -0.25) is 4.79 Å². The highest BCUT2D eigenvalue weighted by Crippen LogP contribution is 2.21. The van der Waals surface area contributed by atoms with Gasteiger partial charge >= 0.3 is 0 Å². The van der Waals surface area contributed by atoms with Gasteiger partial charge in [0.25, 0.3) is 0 Å². The van der Waals surface area contributed by atoms with E-state index < -0.39 is 0 Å². The first-order valence-corrected chi connectivity index (χ1v) is 7.41. The van der Waals surface area contributed by atoms with E-state index in [1.807, 2.05) is 23.2 Å². The number of benzene rings is 1. The average Bonchev–Trinajstić information content (AvgIpc) is 3.02. The van der Waals surface area contributed by atoms with Crippen molar-refractivity contribution in [2.24, 2.45) is 0 Å². The number of carbonyl (C=O) groups excluding carboxylic acids is 1. The van der Waals surface area contributed by atoms with Crippen LogP contribution in [-0.4, -0.2) is 22.4 Å². The van der Waals surface area contributed by atoms with Crippen LogP contribution in [0, 0.1) is 0 Å². The molecule has 0 unspecified atom stereocenters. The van der Waals surface area contributed by atoms with Crippen LogP contribution < -0.4 is 10.2 Å². The molecule has 1 aromatic carbocycles. The summed E-state index contributed by atoms with van der Waals surface area (Å²) in [7, 11) is 0. The minimum atomic E-state index is 0.241. The lowest BCUT2D eigenvalue weighted by atomic mass is 10.1. The number of imidazole rings is 1. The molecule has 0 bridgehead atoms. The van der Waals surface area contributed by atoms with E-state index in [1.165, 1.54) is 5.56 Å². The number of nitrogens with one attached hydrogen (secondary N) is 2. The summed E-state index contributed by atoms with van der Waals surface area (Å²) in [6, 6.07) is 8.22. The van der Waals surface area contributed by atoms with Gasteiger partial charge in [0.05, 0.1) is 6.54 Å². The zero-order valence-electron chi connectivity index (χ0n) is 12.0. The van der Waals surface area contributed by atoms with Crippen molar-refractivity contribution in [2.75, 3.05) is 11.4 Å². The van der Waals surface area contributed by atoms with Crippen LogP contribution in [0.3, 0.4) is 0 Å². The monoisotopic (exact) mass is 284 g/mol. The zero-order valence-corrected chi connectivity index (χ0v) is 12.0. The molecule has 1 aliphatic rings. The summed E-state index contributed by atoms with van der Waals surface area (Å²) in [5.74, 6) is 1.18. The molecule has 1 aromatic heterocycles. The minimum Gasteiger partial charge on any atom is -0.348 e. The number of nitrogens with zero attached hydrogens (tertiary/aromatic N) is 2. The van der Waals surface area contributed by atoms with Gasteiger partial charge in [0, 0.05) is 37.6 Å². The smallest absolute Gasteiger partial charge is 0.226 e. The Hall–Kier alpha value is -2.14. The molecule has 0 saturated carbocycles. The molecule has 2 aromatic rings. The van der Waals surface area contributed by atoms with Crippen molar-refractivity contribution in [3.05, 3.63) is 48.0 Å². The zero-order chi connectivity index (χ0) is 14.5. The predicted octanol–water partition coefficient (Wildman–Crippen LogP) is 2.22. The second kappa shape index (κ2) is 6.54. The molecule has 0 atom stereocenters. The Morgan fingerprint density at radius 1 is 1.19 bits per heavy atom. The molecule has 1 saturated heterocycles. The Kier molecular flexibility index (Phi) is 4.31. The minimum absolute atomic E-state index is 0.241. The van der Waals surface area contributed by atoms with Crippen LogP contribution in [0.15, 0.2) is 36.7 Å². The highest BCUT2D eigenvalue weighted by atomic mass is 16.2. The van der Waals surface area contributed by atoms with Gasteiger partial charge in [-0.1, -0.05) is 12.1 Å². The van der Waals surface area contributed by atoms with Gasteiger partial charge in [-0.25, -0.2) is 4.98 Å². The quantitative estimate of drug-likeness (QED) is 0.885. The van der Waals surface area contributed by atoms with Crippen LogP contribution in [0.4, 0.5) is 5.69 Å². The second-order valence-corrected chi connectivity index (χ2v) is 5.31. The van der Waals surface area contributed by atoms with Gasteiger partial charge in [0.15, 0.2) is 0 Å². The van der Waals surface area contributed by atoms with Gasteiger partial charge in [0.1, 0.15) is 5.82 Å². The first-order valence-electron chi connectivity index (χ1n) is 7.41. The lowest BCUT2D eigenvalue weighted by Crippen LogP contribution is -2.35. The molecule has 1 fully saturated rings. The molecule has 1 aliphatic heterocycles. The van der Waals surface area contributed by atoms with Crippen LogP contribution in [0.5, 0.6) is 0 Å². The number of amides is 1. The molecule has 0 spiro atoms. The number of rotatable bonds is 5. The van der Waals surface area contributed by atoms with E-state index >= 15 is 0 Å². The molecule has 5 nitrogen and oxygen atoms in total. The van der Waals surface area contributed by atoms with Crippen molar-refractivity contribution in [3.8, 4) is 0 Å². The summed E-state index contributed by atoms with van der Waals surface area (Å²) in [6.07, 6.45) is 6.36. The van der Waals surface area contributed by atoms with E-state index in [0.29, 0.717) is 6.42 Å². The molecule has 110 valence electrons. The molecular formula is C16H20N4O. The van der Waals surface area contributed by atoms with E-state index in [1.54, 1.807) is 6.20 Å². The number of piperidine rings is 1. The van der Waals surface area contributed by atoms with E-state index in [-0.39, 0.29) is 5.91 Å². The SMILES string of the molecule is O=C1CCCCN1c1ccc(CNCc2ncc[nH]2)cc1. The van der Waals surface area contributed by atoms with Gasteiger partial charge in [-0.2, -0.15) is 0 Å². The Morgan fingerprint density at radius 3 is 2.76 bits per heavy atom. The topological polar surface area (TPSA) is 61.0 Å². The number of anilines is 1. The molecule has 0 aliphatic carbocycles. The fraction of sp³-hybridized carbons (Fsp3) is 0.375. The highest BCUT2D eigenvalue weighted by Gasteiger charge is 2.19. The van der Waals surface area contributed by atoms with E-state index in [2.05, 4.69) is 27.4 Å². The van der Waals surface area contributed by atoms with Crippen molar-refractivity contribution >= 4 is 11.6 Å². The molecule has 3 rings (SSSR count). The number of aromatic nitrogens is 2. The third-order valence-electron chi connectivity index (χ3n) is 3.75. The summed E-state index contributed by atoms with van der Waals surface area (Å²) in [5, 5.41) is 3.34. The normalized spacial score (nSPS) is 15.4. The number of aromatic amines is 1. The third kappa shape index (κ3) is 3.49. The molecular weight excluding hydrogens is 264 g/mol. The number of H-pyrrole nitrogens is 1. The van der Waals surface area contributed by atoms with Crippen molar-refractivity contribution in [2.45, 2.75) is 32.4 Å². The van der Waals surface area contributed by atoms with Crippen molar-refractivity contribution in [3.63, 3.8) is 0 Å². The maximum absolute atomic E-state index is 11.9. The summed E-state index contributed by atoms with van der Waals surface area (Å²) >= 11 is 0. The largest absolute Gasteiger partial charge is 0.348 e. The molecule has 2 N–H and O–H groups in total. The van der Waals surface area contributed by atoms with Gasteiger partial charge < -0.3 is 15.2 Å². The summed E-state index contributed by atoms with van der Waals surface area (Å²) < 4.78 is 0. The van der Waals surface area contributed by atoms with Crippen LogP contribution >= 0.6 is 0 Å². The van der Waals surface area contributed by atoms with Gasteiger partial charge in [-0.05, 0) is 30.5 Å². The number of hydrogen-bond acceptors (Lipinski definition) is 3. The number of carbonyl (C=O) groups is 1. The summed E-state index contributed by atoms with van der Waals surface area (Å²) in [6.45, 7) is 2.35. The highest BCUT2D eigenvalue weighted by molar-refractivity contribution is 5.93. The van der Waals surface area contributed by atoms with Crippen LogP contribution in [0.2, 0.25) is 0 Å². The Balaban J connectivity index is 1.55. The molecule has 0 radical (unpaired) electrons. The van der Waals surface area contributed by atoms with Crippen LogP contribution in [0.25, 0.3) is 0 Å². The van der Waals surface area contributed by atoms with Crippen molar-refractivity contribution in [1.82, 2.24) is 15.3 Å². The fourth-order valence-electron chi connectivity index (χ4n) is 2.59. The van der Waals surface area contributed by atoms with Crippen LogP contribution in [-0.2, 0) is 17.9 Å².